The van der Waals surface area contributed by atoms with Gasteiger partial charge in [-0.1, -0.05) is 17.6 Å². The van der Waals surface area contributed by atoms with Gasteiger partial charge in [-0.05, 0) is 43.4 Å². The Balaban J connectivity index is 1.38. The van der Waals surface area contributed by atoms with E-state index in [9.17, 15) is 9.59 Å². The van der Waals surface area contributed by atoms with Crippen LogP contribution in [-0.2, 0) is 9.59 Å². The van der Waals surface area contributed by atoms with Crippen molar-refractivity contribution in [3.8, 4) is 11.5 Å². The Bertz CT molecular complexity index is 921. The van der Waals surface area contributed by atoms with E-state index < -0.39 is 0 Å². The largest absolute Gasteiger partial charge is 0.493 e. The summed E-state index contributed by atoms with van der Waals surface area (Å²) in [5, 5.41) is 6.39. The Morgan fingerprint density at radius 1 is 1.30 bits per heavy atom. The van der Waals surface area contributed by atoms with Crippen LogP contribution in [0.25, 0.3) is 0 Å². The summed E-state index contributed by atoms with van der Waals surface area (Å²) in [5.74, 6) is 2.66. The van der Waals surface area contributed by atoms with Crippen molar-refractivity contribution in [1.82, 2.24) is 10.1 Å². The summed E-state index contributed by atoms with van der Waals surface area (Å²) < 4.78 is 16.4. The fourth-order valence-corrected chi connectivity index (χ4v) is 3.86. The lowest BCUT2D eigenvalue weighted by Crippen LogP contribution is -2.34. The fraction of sp³-hybridized carbons (Fsp3) is 0.500. The molecule has 1 saturated heterocycles. The van der Waals surface area contributed by atoms with Gasteiger partial charge in [0.25, 0.3) is 0 Å². The Morgan fingerprint density at radius 2 is 2.13 bits per heavy atom. The molecular formula is C22H27N3O5. The number of nitrogens with zero attached hydrogens (tertiary/aromatic N) is 2. The second kappa shape index (κ2) is 8.77. The van der Waals surface area contributed by atoms with Gasteiger partial charge in [-0.25, -0.2) is 0 Å². The lowest BCUT2D eigenvalue weighted by Gasteiger charge is -2.25. The zero-order valence-electron chi connectivity index (χ0n) is 17.3. The maximum Gasteiger partial charge on any atom is 0.245 e. The van der Waals surface area contributed by atoms with Gasteiger partial charge in [0, 0.05) is 24.9 Å². The average molecular weight is 413 g/mol. The van der Waals surface area contributed by atoms with Gasteiger partial charge in [0.15, 0.2) is 17.3 Å². The minimum Gasteiger partial charge on any atom is -0.493 e. The molecule has 1 aromatic carbocycles. The van der Waals surface area contributed by atoms with E-state index in [1.165, 1.54) is 19.3 Å². The maximum atomic E-state index is 12.5. The van der Waals surface area contributed by atoms with Crippen molar-refractivity contribution in [2.24, 2.45) is 5.92 Å². The molecule has 0 unspecified atom stereocenters. The molecule has 8 heteroatoms. The molecule has 1 saturated carbocycles. The molecule has 2 fully saturated rings. The van der Waals surface area contributed by atoms with E-state index in [1.54, 1.807) is 25.0 Å². The highest BCUT2D eigenvalue weighted by Crippen LogP contribution is 2.36. The molecule has 8 nitrogen and oxygen atoms in total. The third-order valence-corrected chi connectivity index (χ3v) is 5.80. The molecule has 1 atom stereocenters. The molecule has 160 valence electrons. The van der Waals surface area contributed by atoms with Gasteiger partial charge < -0.3 is 24.2 Å². The van der Waals surface area contributed by atoms with Crippen LogP contribution in [-0.4, -0.2) is 48.7 Å². The molecule has 1 aliphatic heterocycles. The van der Waals surface area contributed by atoms with E-state index in [1.807, 2.05) is 18.2 Å². The number of anilines is 1. The topological polar surface area (TPSA) is 93.9 Å². The first-order chi connectivity index (χ1) is 14.5. The SMILES string of the molecule is COc1ccc([C@H]2CC(=O)N(CC(=O)Nc3cc(C)on3)C2)cc1OCC1CCC1. The second-order valence-electron chi connectivity index (χ2n) is 8.06. The van der Waals surface area contributed by atoms with E-state index in [2.05, 4.69) is 10.5 Å². The lowest BCUT2D eigenvalue weighted by molar-refractivity contribution is -0.131. The van der Waals surface area contributed by atoms with Crippen LogP contribution < -0.4 is 14.8 Å². The van der Waals surface area contributed by atoms with Gasteiger partial charge in [0.1, 0.15) is 5.76 Å². The smallest absolute Gasteiger partial charge is 0.245 e. The molecule has 1 aliphatic carbocycles. The van der Waals surface area contributed by atoms with Crippen LogP contribution in [0, 0.1) is 12.8 Å². The summed E-state index contributed by atoms with van der Waals surface area (Å²) in [5.41, 5.74) is 1.02. The van der Waals surface area contributed by atoms with Crippen LogP contribution in [0.3, 0.4) is 0 Å². The molecule has 30 heavy (non-hydrogen) atoms. The number of methoxy groups -OCH3 is 1. The Hall–Kier alpha value is -3.03. The number of likely N-dealkylation sites (tertiary alicyclic amines) is 1. The molecule has 2 amide bonds. The van der Waals surface area contributed by atoms with Crippen molar-refractivity contribution in [2.75, 3.05) is 32.1 Å². The lowest BCUT2D eigenvalue weighted by atomic mass is 9.86. The van der Waals surface area contributed by atoms with Crippen LogP contribution in [0.1, 0.15) is 42.9 Å². The second-order valence-corrected chi connectivity index (χ2v) is 8.06. The first kappa shape index (κ1) is 20.3. The summed E-state index contributed by atoms with van der Waals surface area (Å²) >= 11 is 0. The number of aromatic nitrogens is 1. The molecule has 1 aromatic heterocycles. The van der Waals surface area contributed by atoms with Crippen LogP contribution in [0.5, 0.6) is 11.5 Å². The normalized spacial score (nSPS) is 18.9. The Labute approximate surface area is 175 Å². The van der Waals surface area contributed by atoms with Gasteiger partial charge in [-0.15, -0.1) is 0 Å². The summed E-state index contributed by atoms with van der Waals surface area (Å²) in [6, 6.07) is 7.46. The fourth-order valence-electron chi connectivity index (χ4n) is 3.86. The molecule has 2 heterocycles. The number of carbonyl (C=O) groups is 2. The highest BCUT2D eigenvalue weighted by atomic mass is 16.5. The third-order valence-electron chi connectivity index (χ3n) is 5.80. The molecule has 1 N–H and O–H groups in total. The zero-order valence-corrected chi connectivity index (χ0v) is 17.3. The number of amides is 2. The minimum atomic E-state index is -0.295. The van der Waals surface area contributed by atoms with Crippen LogP contribution in [0.15, 0.2) is 28.8 Å². The minimum absolute atomic E-state index is 0.0107. The van der Waals surface area contributed by atoms with Crippen molar-refractivity contribution in [3.63, 3.8) is 0 Å². The van der Waals surface area contributed by atoms with Crippen molar-refractivity contribution in [1.29, 1.82) is 0 Å². The van der Waals surface area contributed by atoms with Gasteiger partial charge in [-0.3, -0.25) is 9.59 Å². The predicted octanol–water partition coefficient (Wildman–Crippen LogP) is 3.13. The zero-order chi connectivity index (χ0) is 21.1. The number of benzene rings is 1. The standard InChI is InChI=1S/C22H27N3O5/c1-14-8-20(24-30-14)23-21(26)12-25-11-17(10-22(25)27)16-6-7-18(28-2)19(9-16)29-13-15-4-3-5-15/h6-9,15,17H,3-5,10-13H2,1-2H3,(H,23,24,26)/t17-/m0/s1. The van der Waals surface area contributed by atoms with Crippen molar-refractivity contribution >= 4 is 17.6 Å². The predicted molar refractivity (Wildman–Crippen MR) is 110 cm³/mol. The molecule has 2 aromatic rings. The van der Waals surface area contributed by atoms with Crippen LogP contribution in [0.4, 0.5) is 5.82 Å². The van der Waals surface area contributed by atoms with E-state index in [4.69, 9.17) is 14.0 Å². The van der Waals surface area contributed by atoms with E-state index >= 15 is 0 Å². The number of hydrogen-bond acceptors (Lipinski definition) is 6. The number of ether oxygens (including phenoxy) is 2. The van der Waals surface area contributed by atoms with Crippen molar-refractivity contribution < 1.29 is 23.6 Å². The van der Waals surface area contributed by atoms with Gasteiger partial charge in [-0.2, -0.15) is 0 Å². The molecular weight excluding hydrogens is 386 g/mol. The van der Waals surface area contributed by atoms with Crippen molar-refractivity contribution in [3.05, 3.63) is 35.6 Å². The molecule has 4 rings (SSSR count). The monoisotopic (exact) mass is 413 g/mol. The Kier molecular flexibility index (Phi) is 5.92. The molecule has 0 radical (unpaired) electrons. The number of hydrogen-bond donors (Lipinski definition) is 1. The summed E-state index contributed by atoms with van der Waals surface area (Å²) in [6.07, 6.45) is 4.06. The number of rotatable bonds is 8. The highest BCUT2D eigenvalue weighted by Gasteiger charge is 2.32. The highest BCUT2D eigenvalue weighted by molar-refractivity contribution is 5.94. The first-order valence-corrected chi connectivity index (χ1v) is 10.3. The summed E-state index contributed by atoms with van der Waals surface area (Å²) in [4.78, 5) is 26.3. The van der Waals surface area contributed by atoms with Gasteiger partial charge in [0.05, 0.1) is 20.3 Å². The first-order valence-electron chi connectivity index (χ1n) is 10.3. The van der Waals surface area contributed by atoms with Gasteiger partial charge in [0.2, 0.25) is 11.8 Å². The number of nitrogens with one attached hydrogen (secondary N) is 1. The molecule has 2 aliphatic rings. The molecule has 0 bridgehead atoms. The van der Waals surface area contributed by atoms with Crippen molar-refractivity contribution in [2.45, 2.75) is 38.5 Å². The average Bonchev–Trinajstić information content (AvgIpc) is 3.25. The molecule has 0 spiro atoms. The maximum absolute atomic E-state index is 12.5. The van der Waals surface area contributed by atoms with E-state index in [-0.39, 0.29) is 24.3 Å². The summed E-state index contributed by atoms with van der Waals surface area (Å²) in [7, 11) is 1.63. The summed E-state index contributed by atoms with van der Waals surface area (Å²) in [6.45, 7) is 2.91. The van der Waals surface area contributed by atoms with E-state index in [0.717, 1.165) is 5.56 Å². The van der Waals surface area contributed by atoms with E-state index in [0.29, 0.717) is 48.6 Å². The van der Waals surface area contributed by atoms with Gasteiger partial charge >= 0.3 is 0 Å². The Morgan fingerprint density at radius 3 is 2.80 bits per heavy atom. The third kappa shape index (κ3) is 4.58. The van der Waals surface area contributed by atoms with Crippen LogP contribution >= 0.6 is 0 Å². The van der Waals surface area contributed by atoms with Crippen LogP contribution in [0.2, 0.25) is 0 Å². The number of carbonyl (C=O) groups excluding carboxylic acids is 2. The number of aryl methyl sites for hydroxylation is 1. The quantitative estimate of drug-likeness (QED) is 0.715.